The van der Waals surface area contributed by atoms with Crippen LogP contribution in [0.3, 0.4) is 0 Å². The largest absolute Gasteiger partial charge is 0.391 e. The molecular weight excluding hydrogens is 343 g/mol. The Morgan fingerprint density at radius 3 is 2.50 bits per heavy atom. The monoisotopic (exact) mass is 367 g/mol. The topological polar surface area (TPSA) is 51.0 Å². The fourth-order valence-electron chi connectivity index (χ4n) is 3.42. The normalized spacial score (nSPS) is 22.3. The third kappa shape index (κ3) is 5.06. The molecule has 1 unspecified atom stereocenters. The average molecular weight is 367 g/mol. The van der Waals surface area contributed by atoms with E-state index < -0.39 is 12.1 Å². The van der Waals surface area contributed by atoms with Gasteiger partial charge in [-0.15, -0.1) is 0 Å². The van der Waals surface area contributed by atoms with Gasteiger partial charge in [-0.05, 0) is 50.6 Å². The number of alkyl halides is 3. The van der Waals surface area contributed by atoms with Gasteiger partial charge in [-0.3, -0.25) is 0 Å². The zero-order valence-electron chi connectivity index (χ0n) is 14.8. The van der Waals surface area contributed by atoms with E-state index >= 15 is 0 Å². The lowest BCUT2D eigenvalue weighted by Crippen LogP contribution is -2.32. The summed E-state index contributed by atoms with van der Waals surface area (Å²) in [6.45, 7) is 2.60. The van der Waals surface area contributed by atoms with Crippen molar-refractivity contribution in [2.24, 2.45) is 11.8 Å². The van der Waals surface area contributed by atoms with Crippen molar-refractivity contribution >= 4 is 0 Å². The molecule has 1 N–H and O–H groups in total. The Labute approximate surface area is 151 Å². The van der Waals surface area contributed by atoms with E-state index in [-0.39, 0.29) is 24.8 Å². The second-order valence-electron chi connectivity index (χ2n) is 7.10. The Kier molecular flexibility index (Phi) is 5.96. The van der Waals surface area contributed by atoms with Crippen molar-refractivity contribution in [3.63, 3.8) is 0 Å². The van der Waals surface area contributed by atoms with Crippen molar-refractivity contribution < 1.29 is 17.7 Å². The number of hydrogen-bond donors (Lipinski definition) is 1. The van der Waals surface area contributed by atoms with Crippen LogP contribution >= 0.6 is 0 Å². The number of aromatic nitrogens is 2. The molecule has 1 aromatic carbocycles. The molecule has 0 aliphatic heterocycles. The van der Waals surface area contributed by atoms with Gasteiger partial charge in [0.1, 0.15) is 0 Å². The summed E-state index contributed by atoms with van der Waals surface area (Å²) in [5.41, 5.74) is 1.11. The first kappa shape index (κ1) is 18.9. The summed E-state index contributed by atoms with van der Waals surface area (Å²) in [6, 6.07) is 9.79. The molecule has 3 rings (SSSR count). The molecular formula is C19H24F3N3O. The first-order valence-electron chi connectivity index (χ1n) is 9.08. The van der Waals surface area contributed by atoms with Crippen LogP contribution in [0.4, 0.5) is 13.2 Å². The average Bonchev–Trinajstić information content (AvgIpc) is 3.09. The van der Waals surface area contributed by atoms with Crippen LogP contribution in [-0.2, 0) is 6.42 Å². The van der Waals surface area contributed by atoms with Crippen molar-refractivity contribution in [3.8, 4) is 0 Å². The summed E-state index contributed by atoms with van der Waals surface area (Å²) >= 11 is 0. The lowest BCUT2D eigenvalue weighted by Gasteiger charge is -2.30. The standard InChI is InChI=1S/C19H24F3N3O/c1-13(23-12-15-7-9-16(10-8-15)19(20,21)22)18-24-17(25-26-18)11-14-5-3-2-4-6-14/h2-6,13,15-16,23H,7-12H2,1H3. The van der Waals surface area contributed by atoms with Gasteiger partial charge in [0, 0.05) is 6.42 Å². The number of hydrogen-bond acceptors (Lipinski definition) is 4. The molecule has 1 saturated carbocycles. The van der Waals surface area contributed by atoms with E-state index in [1.807, 2.05) is 37.3 Å². The Balaban J connectivity index is 1.45. The first-order chi connectivity index (χ1) is 12.4. The molecule has 0 radical (unpaired) electrons. The number of nitrogens with one attached hydrogen (secondary N) is 1. The number of benzene rings is 1. The van der Waals surface area contributed by atoms with Crippen LogP contribution in [0.15, 0.2) is 34.9 Å². The Bertz CT molecular complexity index is 679. The summed E-state index contributed by atoms with van der Waals surface area (Å²) in [4.78, 5) is 4.42. The molecule has 1 aliphatic rings. The second-order valence-corrected chi connectivity index (χ2v) is 7.10. The maximum absolute atomic E-state index is 12.7. The number of rotatable bonds is 6. The van der Waals surface area contributed by atoms with Gasteiger partial charge >= 0.3 is 6.18 Å². The van der Waals surface area contributed by atoms with E-state index in [2.05, 4.69) is 15.5 Å². The molecule has 1 fully saturated rings. The minimum absolute atomic E-state index is 0.118. The van der Waals surface area contributed by atoms with E-state index in [4.69, 9.17) is 4.52 Å². The van der Waals surface area contributed by atoms with Crippen molar-refractivity contribution in [1.29, 1.82) is 0 Å². The maximum atomic E-state index is 12.7. The van der Waals surface area contributed by atoms with Gasteiger partial charge in [0.15, 0.2) is 5.82 Å². The van der Waals surface area contributed by atoms with Crippen LogP contribution in [0.25, 0.3) is 0 Å². The molecule has 1 heterocycles. The van der Waals surface area contributed by atoms with Gasteiger partial charge in [0.25, 0.3) is 0 Å². The molecule has 1 atom stereocenters. The minimum Gasteiger partial charge on any atom is -0.338 e. The highest BCUT2D eigenvalue weighted by atomic mass is 19.4. The summed E-state index contributed by atoms with van der Waals surface area (Å²) in [7, 11) is 0. The van der Waals surface area contributed by atoms with E-state index in [1.54, 1.807) is 0 Å². The SMILES string of the molecule is CC(NCC1CCC(C(F)(F)F)CC1)c1nc(Cc2ccccc2)no1. The zero-order valence-corrected chi connectivity index (χ0v) is 14.8. The van der Waals surface area contributed by atoms with E-state index in [1.165, 1.54) is 0 Å². The van der Waals surface area contributed by atoms with Crippen LogP contribution in [0.1, 0.15) is 55.9 Å². The van der Waals surface area contributed by atoms with Gasteiger partial charge in [0.2, 0.25) is 5.89 Å². The Morgan fingerprint density at radius 2 is 1.85 bits per heavy atom. The van der Waals surface area contributed by atoms with Crippen molar-refractivity contribution in [1.82, 2.24) is 15.5 Å². The quantitative estimate of drug-likeness (QED) is 0.805. The van der Waals surface area contributed by atoms with Gasteiger partial charge < -0.3 is 9.84 Å². The van der Waals surface area contributed by atoms with Gasteiger partial charge in [-0.25, -0.2) is 0 Å². The highest BCUT2D eigenvalue weighted by molar-refractivity contribution is 5.18. The van der Waals surface area contributed by atoms with Gasteiger partial charge in [-0.2, -0.15) is 18.2 Å². The summed E-state index contributed by atoms with van der Waals surface area (Å²) in [6.07, 6.45) is -1.78. The molecule has 0 bridgehead atoms. The summed E-state index contributed by atoms with van der Waals surface area (Å²) < 4.78 is 43.5. The maximum Gasteiger partial charge on any atom is 0.391 e. The molecule has 0 saturated heterocycles. The van der Waals surface area contributed by atoms with Crippen LogP contribution in [-0.4, -0.2) is 22.9 Å². The molecule has 26 heavy (non-hydrogen) atoms. The molecule has 1 aromatic heterocycles. The minimum atomic E-state index is -4.05. The van der Waals surface area contributed by atoms with Crippen LogP contribution in [0, 0.1) is 11.8 Å². The van der Waals surface area contributed by atoms with Crippen LogP contribution in [0.2, 0.25) is 0 Å². The van der Waals surface area contributed by atoms with Crippen molar-refractivity contribution in [2.75, 3.05) is 6.54 Å². The molecule has 0 spiro atoms. The molecule has 0 amide bonds. The predicted octanol–water partition coefficient (Wildman–Crippen LogP) is 4.68. The second kappa shape index (κ2) is 8.20. The third-order valence-electron chi connectivity index (χ3n) is 5.08. The Morgan fingerprint density at radius 1 is 1.15 bits per heavy atom. The third-order valence-corrected chi connectivity index (χ3v) is 5.08. The molecule has 7 heteroatoms. The summed E-state index contributed by atoms with van der Waals surface area (Å²) in [5.74, 6) is 0.279. The van der Waals surface area contributed by atoms with E-state index in [9.17, 15) is 13.2 Å². The molecule has 4 nitrogen and oxygen atoms in total. The van der Waals surface area contributed by atoms with E-state index in [0.717, 1.165) is 5.56 Å². The first-order valence-corrected chi connectivity index (χ1v) is 9.08. The fraction of sp³-hybridized carbons (Fsp3) is 0.579. The van der Waals surface area contributed by atoms with Crippen molar-refractivity contribution in [3.05, 3.63) is 47.6 Å². The highest BCUT2D eigenvalue weighted by Crippen LogP contribution is 2.39. The van der Waals surface area contributed by atoms with Crippen LogP contribution < -0.4 is 5.32 Å². The summed E-state index contributed by atoms with van der Waals surface area (Å²) in [5, 5.41) is 7.34. The van der Waals surface area contributed by atoms with Crippen molar-refractivity contribution in [2.45, 2.75) is 51.2 Å². The molecule has 142 valence electrons. The van der Waals surface area contributed by atoms with Gasteiger partial charge in [-0.1, -0.05) is 35.5 Å². The predicted molar refractivity (Wildman–Crippen MR) is 91.5 cm³/mol. The zero-order chi connectivity index (χ0) is 18.6. The number of nitrogens with zero attached hydrogens (tertiary/aromatic N) is 2. The fourth-order valence-corrected chi connectivity index (χ4v) is 3.42. The number of halogens is 3. The highest BCUT2D eigenvalue weighted by Gasteiger charge is 2.41. The van der Waals surface area contributed by atoms with Gasteiger partial charge in [0.05, 0.1) is 12.0 Å². The van der Waals surface area contributed by atoms with Crippen LogP contribution in [0.5, 0.6) is 0 Å². The molecule has 1 aliphatic carbocycles. The molecule has 2 aromatic rings. The smallest absolute Gasteiger partial charge is 0.338 e. The Hall–Kier alpha value is -1.89. The lowest BCUT2D eigenvalue weighted by atomic mass is 9.81. The lowest BCUT2D eigenvalue weighted by molar-refractivity contribution is -0.183. The van der Waals surface area contributed by atoms with E-state index in [0.29, 0.717) is 37.5 Å².